The van der Waals surface area contributed by atoms with E-state index in [2.05, 4.69) is 20.4 Å². The van der Waals surface area contributed by atoms with Gasteiger partial charge in [0.15, 0.2) is 0 Å². The number of ether oxygens (including phenoxy) is 1. The molecular formula is C17H22N4O4. The van der Waals surface area contributed by atoms with E-state index in [0.29, 0.717) is 23.8 Å². The summed E-state index contributed by atoms with van der Waals surface area (Å²) in [5.74, 6) is -0.0238. The summed E-state index contributed by atoms with van der Waals surface area (Å²) in [5, 5.41) is 6.59. The topological polar surface area (TPSA) is 107 Å². The van der Waals surface area contributed by atoms with Crippen LogP contribution in [0.3, 0.4) is 0 Å². The first-order valence-electron chi connectivity index (χ1n) is 8.12. The maximum absolute atomic E-state index is 12.2. The van der Waals surface area contributed by atoms with Gasteiger partial charge in [-0.3, -0.25) is 9.78 Å². The second-order valence-electron chi connectivity index (χ2n) is 5.85. The SMILES string of the molecule is CCCC(C)(NC(=O)CCc1nc(-c2ccccn2)no1)C(=O)OC. The van der Waals surface area contributed by atoms with Crippen molar-refractivity contribution < 1.29 is 18.8 Å². The molecule has 0 spiro atoms. The minimum absolute atomic E-state index is 0.125. The summed E-state index contributed by atoms with van der Waals surface area (Å²) in [6.45, 7) is 3.59. The molecule has 25 heavy (non-hydrogen) atoms. The molecular weight excluding hydrogens is 324 g/mol. The Morgan fingerprint density at radius 3 is 2.80 bits per heavy atom. The molecule has 0 aliphatic rings. The minimum atomic E-state index is -1.03. The Balaban J connectivity index is 1.93. The number of aryl methyl sites for hydroxylation is 1. The standard InChI is InChI=1S/C17H22N4O4/c1-4-10-17(2,16(23)24-3)20-13(22)8-9-14-19-15(21-25-14)12-7-5-6-11-18-12/h5-7,11H,4,8-10H2,1-3H3,(H,20,22). The highest BCUT2D eigenvalue weighted by atomic mass is 16.5. The van der Waals surface area contributed by atoms with Crippen molar-refractivity contribution in [2.75, 3.05) is 7.11 Å². The molecule has 0 fully saturated rings. The van der Waals surface area contributed by atoms with Crippen LogP contribution in [0.5, 0.6) is 0 Å². The predicted molar refractivity (Wildman–Crippen MR) is 89.3 cm³/mol. The Kier molecular flexibility index (Phi) is 6.21. The summed E-state index contributed by atoms with van der Waals surface area (Å²) >= 11 is 0. The van der Waals surface area contributed by atoms with Gasteiger partial charge in [0.2, 0.25) is 17.6 Å². The van der Waals surface area contributed by atoms with Gasteiger partial charge in [-0.2, -0.15) is 4.98 Å². The van der Waals surface area contributed by atoms with E-state index in [9.17, 15) is 9.59 Å². The largest absolute Gasteiger partial charge is 0.467 e. The Labute approximate surface area is 146 Å². The molecule has 8 heteroatoms. The lowest BCUT2D eigenvalue weighted by atomic mass is 9.96. The Morgan fingerprint density at radius 1 is 1.36 bits per heavy atom. The first-order chi connectivity index (χ1) is 12.0. The van der Waals surface area contributed by atoms with Crippen LogP contribution in [-0.2, 0) is 20.7 Å². The number of nitrogens with zero attached hydrogens (tertiary/aromatic N) is 3. The summed E-state index contributed by atoms with van der Waals surface area (Å²) in [5.41, 5.74) is -0.433. The van der Waals surface area contributed by atoms with Crippen molar-refractivity contribution in [1.29, 1.82) is 0 Å². The molecule has 0 aromatic carbocycles. The molecule has 8 nitrogen and oxygen atoms in total. The van der Waals surface area contributed by atoms with Gasteiger partial charge >= 0.3 is 5.97 Å². The fraction of sp³-hybridized carbons (Fsp3) is 0.471. The molecule has 2 heterocycles. The second kappa shape index (κ2) is 8.36. The van der Waals surface area contributed by atoms with Crippen LogP contribution in [0.25, 0.3) is 11.5 Å². The summed E-state index contributed by atoms with van der Waals surface area (Å²) in [6.07, 6.45) is 3.27. The lowest BCUT2D eigenvalue weighted by Gasteiger charge is -2.27. The number of amides is 1. The number of esters is 1. The molecule has 1 amide bonds. The van der Waals surface area contributed by atoms with E-state index in [1.807, 2.05) is 13.0 Å². The zero-order chi connectivity index (χ0) is 18.3. The van der Waals surface area contributed by atoms with Crippen molar-refractivity contribution in [2.24, 2.45) is 0 Å². The average Bonchev–Trinajstić information content (AvgIpc) is 3.09. The van der Waals surface area contributed by atoms with Crippen LogP contribution in [-0.4, -0.2) is 39.6 Å². The fourth-order valence-electron chi connectivity index (χ4n) is 2.49. The number of pyridine rings is 1. The summed E-state index contributed by atoms with van der Waals surface area (Å²) < 4.78 is 9.93. The van der Waals surface area contributed by atoms with Crippen molar-refractivity contribution in [1.82, 2.24) is 20.4 Å². The molecule has 0 aliphatic heterocycles. The van der Waals surface area contributed by atoms with Crippen molar-refractivity contribution in [3.63, 3.8) is 0 Å². The molecule has 0 aliphatic carbocycles. The number of methoxy groups -OCH3 is 1. The van der Waals surface area contributed by atoms with Crippen LogP contribution >= 0.6 is 0 Å². The molecule has 1 atom stereocenters. The number of carbonyl (C=O) groups is 2. The third-order valence-corrected chi connectivity index (χ3v) is 3.73. The lowest BCUT2D eigenvalue weighted by molar-refractivity contribution is -0.150. The monoisotopic (exact) mass is 346 g/mol. The highest BCUT2D eigenvalue weighted by Gasteiger charge is 2.34. The smallest absolute Gasteiger partial charge is 0.331 e. The molecule has 0 saturated carbocycles. The van der Waals surface area contributed by atoms with Gasteiger partial charge in [0.1, 0.15) is 11.2 Å². The number of nitrogens with one attached hydrogen (secondary N) is 1. The molecule has 1 N–H and O–H groups in total. The fourth-order valence-corrected chi connectivity index (χ4v) is 2.49. The van der Waals surface area contributed by atoms with Gasteiger partial charge in [0.25, 0.3) is 0 Å². The van der Waals surface area contributed by atoms with E-state index in [1.54, 1.807) is 25.3 Å². The quantitative estimate of drug-likeness (QED) is 0.727. The van der Waals surface area contributed by atoms with E-state index >= 15 is 0 Å². The van der Waals surface area contributed by atoms with Gasteiger partial charge in [0, 0.05) is 19.0 Å². The van der Waals surface area contributed by atoms with Gasteiger partial charge < -0.3 is 14.6 Å². The van der Waals surface area contributed by atoms with Crippen LogP contribution in [0.1, 0.15) is 39.0 Å². The van der Waals surface area contributed by atoms with Crippen LogP contribution in [0.2, 0.25) is 0 Å². The summed E-state index contributed by atoms with van der Waals surface area (Å²) in [7, 11) is 1.31. The molecule has 0 bridgehead atoms. The van der Waals surface area contributed by atoms with E-state index in [1.165, 1.54) is 7.11 Å². The van der Waals surface area contributed by atoms with E-state index in [4.69, 9.17) is 9.26 Å². The maximum atomic E-state index is 12.2. The van der Waals surface area contributed by atoms with Crippen molar-refractivity contribution in [3.8, 4) is 11.5 Å². The third-order valence-electron chi connectivity index (χ3n) is 3.73. The van der Waals surface area contributed by atoms with Crippen molar-refractivity contribution >= 4 is 11.9 Å². The molecule has 1 unspecified atom stereocenters. The van der Waals surface area contributed by atoms with Crippen molar-refractivity contribution in [2.45, 2.75) is 45.1 Å². The third kappa shape index (κ3) is 4.85. The highest BCUT2D eigenvalue weighted by Crippen LogP contribution is 2.16. The predicted octanol–water partition coefficient (Wildman–Crippen LogP) is 1.91. The number of carbonyl (C=O) groups excluding carboxylic acids is 2. The number of rotatable bonds is 8. The summed E-state index contributed by atoms with van der Waals surface area (Å²) in [4.78, 5) is 32.5. The maximum Gasteiger partial charge on any atom is 0.331 e. The number of hydrogen-bond donors (Lipinski definition) is 1. The van der Waals surface area contributed by atoms with Crippen LogP contribution in [0.4, 0.5) is 0 Å². The summed E-state index contributed by atoms with van der Waals surface area (Å²) in [6, 6.07) is 5.39. The van der Waals surface area contributed by atoms with Gasteiger partial charge in [-0.25, -0.2) is 4.79 Å². The molecule has 2 rings (SSSR count). The van der Waals surface area contributed by atoms with Gasteiger partial charge in [-0.15, -0.1) is 0 Å². The molecule has 2 aromatic rings. The molecule has 0 radical (unpaired) electrons. The van der Waals surface area contributed by atoms with E-state index in [0.717, 1.165) is 6.42 Å². The van der Waals surface area contributed by atoms with Gasteiger partial charge in [-0.05, 0) is 25.5 Å². The second-order valence-corrected chi connectivity index (χ2v) is 5.85. The Hall–Kier alpha value is -2.77. The normalized spacial score (nSPS) is 13.1. The number of hydrogen-bond acceptors (Lipinski definition) is 7. The Bertz CT molecular complexity index is 716. The van der Waals surface area contributed by atoms with E-state index in [-0.39, 0.29) is 18.7 Å². The Morgan fingerprint density at radius 2 is 2.16 bits per heavy atom. The minimum Gasteiger partial charge on any atom is -0.467 e. The zero-order valence-corrected chi connectivity index (χ0v) is 14.6. The van der Waals surface area contributed by atoms with Crippen LogP contribution in [0.15, 0.2) is 28.9 Å². The molecule has 0 saturated heterocycles. The van der Waals surface area contributed by atoms with Gasteiger partial charge in [-0.1, -0.05) is 24.6 Å². The van der Waals surface area contributed by atoms with Crippen LogP contribution in [0, 0.1) is 0 Å². The average molecular weight is 346 g/mol. The highest BCUT2D eigenvalue weighted by molar-refractivity contribution is 5.87. The van der Waals surface area contributed by atoms with E-state index < -0.39 is 11.5 Å². The number of aromatic nitrogens is 3. The zero-order valence-electron chi connectivity index (χ0n) is 14.6. The first kappa shape index (κ1) is 18.6. The lowest BCUT2D eigenvalue weighted by Crippen LogP contribution is -2.52. The van der Waals surface area contributed by atoms with Crippen molar-refractivity contribution in [3.05, 3.63) is 30.3 Å². The van der Waals surface area contributed by atoms with Gasteiger partial charge in [0.05, 0.1) is 7.11 Å². The first-order valence-corrected chi connectivity index (χ1v) is 8.12. The molecule has 2 aromatic heterocycles. The molecule has 134 valence electrons. The van der Waals surface area contributed by atoms with Crippen LogP contribution < -0.4 is 5.32 Å².